The molecule has 5 nitrogen and oxygen atoms in total. The van der Waals surface area contributed by atoms with Crippen LogP contribution >= 0.6 is 11.8 Å². The van der Waals surface area contributed by atoms with Gasteiger partial charge >= 0.3 is 0 Å². The molecule has 1 heterocycles. The lowest BCUT2D eigenvalue weighted by Gasteiger charge is -2.13. The van der Waals surface area contributed by atoms with Crippen LogP contribution in [0.2, 0.25) is 0 Å². The smallest absolute Gasteiger partial charge is 0.242 e. The Bertz CT molecular complexity index is 944. The van der Waals surface area contributed by atoms with Gasteiger partial charge in [-0.1, -0.05) is 23.9 Å². The van der Waals surface area contributed by atoms with Crippen LogP contribution < -0.4 is 5.32 Å². The number of benzene rings is 2. The van der Waals surface area contributed by atoms with Crippen molar-refractivity contribution in [2.75, 3.05) is 11.9 Å². The van der Waals surface area contributed by atoms with Gasteiger partial charge in [-0.05, 0) is 81.1 Å². The van der Waals surface area contributed by atoms with Gasteiger partial charge < -0.3 is 5.32 Å². The molecular weight excluding hydrogens is 382 g/mol. The molecule has 1 atom stereocenters. The average molecular weight is 410 g/mol. The fourth-order valence-electron chi connectivity index (χ4n) is 3.57. The molecule has 1 N–H and O–H groups in total. The molecule has 29 heavy (non-hydrogen) atoms. The zero-order valence-corrected chi connectivity index (χ0v) is 18.4. The maximum Gasteiger partial charge on any atom is 0.242 e. The lowest BCUT2D eigenvalue weighted by atomic mass is 10.1. The quantitative estimate of drug-likeness (QED) is 0.764. The number of nitrogens with one attached hydrogen (secondary N) is 1. The predicted molar refractivity (Wildman–Crippen MR) is 121 cm³/mol. The van der Waals surface area contributed by atoms with Crippen molar-refractivity contribution in [3.8, 4) is 0 Å². The molecule has 0 spiro atoms. The zero-order valence-electron chi connectivity index (χ0n) is 17.6. The fourth-order valence-corrected chi connectivity index (χ4v) is 4.79. The summed E-state index contributed by atoms with van der Waals surface area (Å²) in [6, 6.07) is 12.0. The van der Waals surface area contributed by atoms with Crippen molar-refractivity contribution in [3.05, 3.63) is 58.7 Å². The van der Waals surface area contributed by atoms with Gasteiger partial charge in [0.1, 0.15) is 5.25 Å². The molecule has 2 aromatic rings. The zero-order chi connectivity index (χ0) is 21.1. The van der Waals surface area contributed by atoms with Crippen LogP contribution in [0.5, 0.6) is 0 Å². The Hall–Kier alpha value is -2.60. The Morgan fingerprint density at radius 3 is 2.10 bits per heavy atom. The topological polar surface area (TPSA) is 61.8 Å². The summed E-state index contributed by atoms with van der Waals surface area (Å²) >= 11 is 1.37. The van der Waals surface area contributed by atoms with Crippen molar-refractivity contribution in [2.24, 2.45) is 4.99 Å². The summed E-state index contributed by atoms with van der Waals surface area (Å²) in [6.45, 7) is 10.5. The number of hydrogen-bond acceptors (Lipinski definition) is 4. The second-order valence-electron chi connectivity index (χ2n) is 7.56. The van der Waals surface area contributed by atoms with E-state index in [1.165, 1.54) is 11.8 Å². The maximum atomic E-state index is 12.8. The highest BCUT2D eigenvalue weighted by Gasteiger charge is 2.38. The van der Waals surface area contributed by atoms with Gasteiger partial charge in [0, 0.05) is 18.7 Å². The van der Waals surface area contributed by atoms with Crippen LogP contribution in [-0.4, -0.2) is 33.7 Å². The minimum Gasteiger partial charge on any atom is -0.326 e. The Morgan fingerprint density at radius 2 is 1.55 bits per heavy atom. The van der Waals surface area contributed by atoms with Crippen molar-refractivity contribution in [1.29, 1.82) is 0 Å². The van der Waals surface area contributed by atoms with Crippen LogP contribution in [0.4, 0.5) is 11.4 Å². The molecule has 2 amide bonds. The highest BCUT2D eigenvalue weighted by molar-refractivity contribution is 8.15. The van der Waals surface area contributed by atoms with Gasteiger partial charge in [0.25, 0.3) is 0 Å². The van der Waals surface area contributed by atoms with E-state index in [-0.39, 0.29) is 18.2 Å². The van der Waals surface area contributed by atoms with E-state index >= 15 is 0 Å². The number of thioether (sulfide) groups is 1. The Balaban J connectivity index is 1.74. The lowest BCUT2D eigenvalue weighted by Crippen LogP contribution is -2.33. The standard InChI is InChI=1S/C23H27N3O2S/c1-6-26-22(28)20(13-21(27)24-18-9-14(2)7-15(3)10-18)29-23(26)25-19-11-16(4)8-17(5)12-19/h7-12,20H,6,13H2,1-5H3,(H,24,27). The SMILES string of the molecule is CCN1C(=O)C(CC(=O)Nc2cc(C)cc(C)c2)SC1=Nc1cc(C)cc(C)c1. The van der Waals surface area contributed by atoms with Crippen LogP contribution in [0.3, 0.4) is 0 Å². The molecule has 1 unspecified atom stereocenters. The number of amidine groups is 1. The molecule has 2 aromatic carbocycles. The van der Waals surface area contributed by atoms with E-state index in [4.69, 9.17) is 4.99 Å². The van der Waals surface area contributed by atoms with Crippen molar-refractivity contribution in [2.45, 2.75) is 46.3 Å². The summed E-state index contributed by atoms with van der Waals surface area (Å²) < 4.78 is 0. The fraction of sp³-hybridized carbons (Fsp3) is 0.348. The van der Waals surface area contributed by atoms with Crippen LogP contribution in [0.15, 0.2) is 41.4 Å². The Labute approximate surface area is 176 Å². The molecule has 0 saturated carbocycles. The van der Waals surface area contributed by atoms with E-state index in [1.54, 1.807) is 4.90 Å². The minimum absolute atomic E-state index is 0.0591. The monoisotopic (exact) mass is 409 g/mol. The van der Waals surface area contributed by atoms with E-state index in [2.05, 4.69) is 17.4 Å². The van der Waals surface area contributed by atoms with Gasteiger partial charge in [-0.3, -0.25) is 14.5 Å². The molecule has 1 saturated heterocycles. The first kappa shape index (κ1) is 21.1. The number of aryl methyl sites for hydroxylation is 4. The third-order valence-corrected chi connectivity index (χ3v) is 5.82. The number of carbonyl (C=O) groups is 2. The van der Waals surface area contributed by atoms with Gasteiger partial charge in [0.2, 0.25) is 11.8 Å². The van der Waals surface area contributed by atoms with Crippen LogP contribution in [0.25, 0.3) is 0 Å². The summed E-state index contributed by atoms with van der Waals surface area (Å²) in [4.78, 5) is 31.7. The third-order valence-electron chi connectivity index (χ3n) is 4.64. The molecule has 1 aliphatic rings. The molecular formula is C23H27N3O2S. The highest BCUT2D eigenvalue weighted by Crippen LogP contribution is 2.32. The molecule has 0 bridgehead atoms. The second kappa shape index (κ2) is 8.82. The third kappa shape index (κ3) is 5.26. The van der Waals surface area contributed by atoms with E-state index in [0.29, 0.717) is 11.7 Å². The van der Waals surface area contributed by atoms with E-state index < -0.39 is 5.25 Å². The first-order chi connectivity index (χ1) is 13.7. The van der Waals surface area contributed by atoms with Crippen LogP contribution in [-0.2, 0) is 9.59 Å². The van der Waals surface area contributed by atoms with Crippen LogP contribution in [0, 0.1) is 27.7 Å². The van der Waals surface area contributed by atoms with Gasteiger partial charge in [-0.2, -0.15) is 0 Å². The maximum absolute atomic E-state index is 12.8. The molecule has 0 aliphatic carbocycles. The second-order valence-corrected chi connectivity index (χ2v) is 8.73. The van der Waals surface area contributed by atoms with Crippen molar-refractivity contribution < 1.29 is 9.59 Å². The van der Waals surface area contributed by atoms with Crippen LogP contribution in [0.1, 0.15) is 35.6 Å². The summed E-state index contributed by atoms with van der Waals surface area (Å²) in [5.74, 6) is -0.222. The van der Waals surface area contributed by atoms with Gasteiger partial charge in [-0.15, -0.1) is 0 Å². The van der Waals surface area contributed by atoms with Crippen molar-refractivity contribution >= 4 is 40.1 Å². The summed E-state index contributed by atoms with van der Waals surface area (Å²) in [6.07, 6.45) is 0.124. The number of amides is 2. The van der Waals surface area contributed by atoms with E-state index in [0.717, 1.165) is 33.6 Å². The number of anilines is 1. The summed E-state index contributed by atoms with van der Waals surface area (Å²) in [5, 5.41) is 3.13. The van der Waals surface area contributed by atoms with Gasteiger partial charge in [-0.25, -0.2) is 4.99 Å². The van der Waals surface area contributed by atoms with Crippen molar-refractivity contribution in [3.63, 3.8) is 0 Å². The number of hydrogen-bond donors (Lipinski definition) is 1. The van der Waals surface area contributed by atoms with Crippen molar-refractivity contribution in [1.82, 2.24) is 4.90 Å². The van der Waals surface area contributed by atoms with E-state index in [9.17, 15) is 9.59 Å². The molecule has 1 fully saturated rings. The highest BCUT2D eigenvalue weighted by atomic mass is 32.2. The van der Waals surface area contributed by atoms with Gasteiger partial charge in [0.15, 0.2) is 5.17 Å². The lowest BCUT2D eigenvalue weighted by molar-refractivity contribution is -0.128. The average Bonchev–Trinajstić information content (AvgIpc) is 2.87. The summed E-state index contributed by atoms with van der Waals surface area (Å²) in [5.41, 5.74) is 6.03. The predicted octanol–water partition coefficient (Wildman–Crippen LogP) is 4.90. The molecule has 0 aromatic heterocycles. The first-order valence-electron chi connectivity index (χ1n) is 9.78. The first-order valence-corrected chi connectivity index (χ1v) is 10.7. The molecule has 6 heteroatoms. The number of carbonyl (C=O) groups excluding carboxylic acids is 2. The Morgan fingerprint density at radius 1 is 1.00 bits per heavy atom. The molecule has 152 valence electrons. The number of aliphatic imine (C=N–C) groups is 1. The normalized spacial score (nSPS) is 17.8. The number of nitrogens with zero attached hydrogens (tertiary/aromatic N) is 2. The molecule has 0 radical (unpaired) electrons. The van der Waals surface area contributed by atoms with E-state index in [1.807, 2.05) is 58.9 Å². The Kier molecular flexibility index (Phi) is 6.42. The molecule has 3 rings (SSSR count). The largest absolute Gasteiger partial charge is 0.326 e. The number of rotatable bonds is 5. The van der Waals surface area contributed by atoms with Gasteiger partial charge in [0.05, 0.1) is 5.69 Å². The molecule has 1 aliphatic heterocycles. The summed E-state index contributed by atoms with van der Waals surface area (Å²) in [7, 11) is 0. The minimum atomic E-state index is -0.453.